The Morgan fingerprint density at radius 2 is 1.65 bits per heavy atom. The second kappa shape index (κ2) is 9.52. The van der Waals surface area contributed by atoms with Gasteiger partial charge in [-0.05, 0) is 76.0 Å². The molecule has 0 saturated carbocycles. The van der Waals surface area contributed by atoms with E-state index in [4.69, 9.17) is 4.74 Å². The number of hydrogen-bond acceptors (Lipinski definition) is 4. The van der Waals surface area contributed by atoms with Gasteiger partial charge in [0.2, 0.25) is 5.91 Å². The number of fused-ring (bicyclic) bond motifs is 2. The normalized spacial score (nSPS) is 13.3. The molecule has 0 radical (unpaired) electrons. The number of carbonyl (C=O) groups is 2. The fourth-order valence-corrected chi connectivity index (χ4v) is 3.80. The van der Waals surface area contributed by atoms with E-state index in [-0.39, 0.29) is 5.91 Å². The van der Waals surface area contributed by atoms with Crippen molar-refractivity contribution >= 4 is 29.1 Å². The molecular formula is C25H33N3O3. The molecule has 1 N–H and O–H groups in total. The number of nitrogens with zero attached hydrogens (tertiary/aromatic N) is 2. The van der Waals surface area contributed by atoms with Gasteiger partial charge in [0.15, 0.2) is 0 Å². The van der Waals surface area contributed by atoms with E-state index in [1.807, 2.05) is 62.1 Å². The summed E-state index contributed by atoms with van der Waals surface area (Å²) in [6, 6.07) is 13.8. The first kappa shape index (κ1) is 22.8. The Kier molecular flexibility index (Phi) is 7.01. The number of hydrogen-bond donors (Lipinski definition) is 1. The van der Waals surface area contributed by atoms with Gasteiger partial charge < -0.3 is 4.74 Å². The highest BCUT2D eigenvalue weighted by Crippen LogP contribution is 2.37. The first-order valence-electron chi connectivity index (χ1n) is 11.0. The number of anilines is 3. The van der Waals surface area contributed by atoms with Crippen LogP contribution in [0.1, 0.15) is 45.7 Å². The van der Waals surface area contributed by atoms with Crippen molar-refractivity contribution in [2.24, 2.45) is 0 Å². The summed E-state index contributed by atoms with van der Waals surface area (Å²) in [4.78, 5) is 29.7. The fraction of sp³-hybridized carbons (Fsp3) is 0.440. The molecule has 0 saturated heterocycles. The third-order valence-electron chi connectivity index (χ3n) is 5.37. The Morgan fingerprint density at radius 3 is 2.29 bits per heavy atom. The van der Waals surface area contributed by atoms with Gasteiger partial charge in [0.05, 0.1) is 17.9 Å². The van der Waals surface area contributed by atoms with Crippen molar-refractivity contribution < 1.29 is 14.3 Å². The maximum atomic E-state index is 13.5. The molecule has 1 aliphatic rings. The number of carbonyl (C=O) groups excluding carboxylic acids is 2. The van der Waals surface area contributed by atoms with E-state index in [0.29, 0.717) is 12.2 Å². The predicted octanol–water partition coefficient (Wildman–Crippen LogP) is 5.14. The van der Waals surface area contributed by atoms with Crippen LogP contribution in [0.4, 0.5) is 21.9 Å². The number of rotatable bonds is 5. The smallest absolute Gasteiger partial charge is 0.412 e. The van der Waals surface area contributed by atoms with Crippen LogP contribution in [0.3, 0.4) is 0 Å². The number of likely N-dealkylation sites (N-methyl/N-ethyl adjacent to an activating group) is 1. The van der Waals surface area contributed by atoms with Crippen LogP contribution in [0.25, 0.3) is 0 Å². The quantitative estimate of drug-likeness (QED) is 0.723. The van der Waals surface area contributed by atoms with Crippen molar-refractivity contribution in [1.82, 2.24) is 4.90 Å². The lowest BCUT2D eigenvalue weighted by Crippen LogP contribution is -2.38. The summed E-state index contributed by atoms with van der Waals surface area (Å²) in [6.45, 7) is 11.6. The Hall–Kier alpha value is -2.86. The Labute approximate surface area is 185 Å². The molecule has 6 nitrogen and oxygen atoms in total. The van der Waals surface area contributed by atoms with Gasteiger partial charge in [0.1, 0.15) is 5.60 Å². The molecule has 2 aromatic rings. The highest BCUT2D eigenvalue weighted by atomic mass is 16.6. The van der Waals surface area contributed by atoms with Crippen LogP contribution >= 0.6 is 0 Å². The molecule has 166 valence electrons. The van der Waals surface area contributed by atoms with Crippen LogP contribution in [0, 0.1) is 0 Å². The molecule has 31 heavy (non-hydrogen) atoms. The van der Waals surface area contributed by atoms with Crippen LogP contribution in [-0.4, -0.2) is 42.1 Å². The molecule has 0 aromatic heterocycles. The van der Waals surface area contributed by atoms with Crippen molar-refractivity contribution in [3.63, 3.8) is 0 Å². The van der Waals surface area contributed by atoms with Crippen LogP contribution < -0.4 is 10.2 Å². The van der Waals surface area contributed by atoms with Gasteiger partial charge >= 0.3 is 6.09 Å². The molecule has 6 heteroatoms. The van der Waals surface area contributed by atoms with E-state index >= 15 is 0 Å². The zero-order valence-electron chi connectivity index (χ0n) is 19.2. The zero-order valence-corrected chi connectivity index (χ0v) is 19.2. The largest absolute Gasteiger partial charge is 0.444 e. The number of amides is 2. The SMILES string of the molecule is CCN(CC)CC(=O)N1c2ccccc2CCc2ccc(NC(=O)OC(C)(C)C)cc21. The van der Waals surface area contributed by atoms with E-state index in [0.717, 1.165) is 48.4 Å². The summed E-state index contributed by atoms with van der Waals surface area (Å²) in [6.07, 6.45) is 1.17. The average molecular weight is 424 g/mol. The van der Waals surface area contributed by atoms with Crippen LogP contribution in [0.15, 0.2) is 42.5 Å². The molecular weight excluding hydrogens is 390 g/mol. The fourth-order valence-electron chi connectivity index (χ4n) is 3.80. The topological polar surface area (TPSA) is 61.9 Å². The molecule has 0 fully saturated rings. The molecule has 0 spiro atoms. The molecule has 3 rings (SSSR count). The van der Waals surface area contributed by atoms with Gasteiger partial charge in [0.25, 0.3) is 0 Å². The van der Waals surface area contributed by atoms with Gasteiger partial charge in [-0.15, -0.1) is 0 Å². The van der Waals surface area contributed by atoms with Gasteiger partial charge in [-0.2, -0.15) is 0 Å². The van der Waals surface area contributed by atoms with Crippen molar-refractivity contribution in [3.8, 4) is 0 Å². The maximum Gasteiger partial charge on any atom is 0.412 e. The molecule has 0 aliphatic carbocycles. The highest BCUT2D eigenvalue weighted by molar-refractivity contribution is 6.04. The second-order valence-corrected chi connectivity index (χ2v) is 8.79. The van der Waals surface area contributed by atoms with Crippen molar-refractivity contribution in [3.05, 3.63) is 53.6 Å². The van der Waals surface area contributed by atoms with Crippen molar-refractivity contribution in [2.45, 2.75) is 53.1 Å². The van der Waals surface area contributed by atoms with Gasteiger partial charge in [-0.1, -0.05) is 38.1 Å². The number of aryl methyl sites for hydroxylation is 2. The number of para-hydroxylation sites is 1. The third kappa shape index (κ3) is 5.64. The molecule has 0 unspecified atom stereocenters. The highest BCUT2D eigenvalue weighted by Gasteiger charge is 2.27. The van der Waals surface area contributed by atoms with Crippen LogP contribution in [0.2, 0.25) is 0 Å². The summed E-state index contributed by atoms with van der Waals surface area (Å²) in [5, 5.41) is 2.81. The molecule has 0 bridgehead atoms. The monoisotopic (exact) mass is 423 g/mol. The lowest BCUT2D eigenvalue weighted by atomic mass is 10.0. The average Bonchev–Trinajstić information content (AvgIpc) is 2.87. The Bertz CT molecular complexity index is 945. The van der Waals surface area contributed by atoms with Gasteiger partial charge in [0, 0.05) is 5.69 Å². The molecule has 2 aromatic carbocycles. The summed E-state index contributed by atoms with van der Waals surface area (Å²) in [5.41, 5.74) is 3.98. The first-order valence-corrected chi connectivity index (χ1v) is 11.0. The second-order valence-electron chi connectivity index (χ2n) is 8.79. The van der Waals surface area contributed by atoms with Crippen molar-refractivity contribution in [2.75, 3.05) is 29.9 Å². The van der Waals surface area contributed by atoms with Crippen molar-refractivity contribution in [1.29, 1.82) is 0 Å². The Balaban J connectivity index is 1.99. The third-order valence-corrected chi connectivity index (χ3v) is 5.37. The predicted molar refractivity (Wildman–Crippen MR) is 125 cm³/mol. The van der Waals surface area contributed by atoms with E-state index < -0.39 is 11.7 Å². The van der Waals surface area contributed by atoms with Gasteiger partial charge in [-0.25, -0.2) is 4.79 Å². The summed E-state index contributed by atoms with van der Waals surface area (Å²) < 4.78 is 5.39. The standard InChI is InChI=1S/C25H33N3O3/c1-6-27(7-2)17-23(29)28-21-11-9-8-10-18(21)12-13-19-14-15-20(16-22(19)28)26-24(30)31-25(3,4)5/h8-11,14-16H,6-7,12-13,17H2,1-5H3,(H,26,30). The minimum atomic E-state index is -0.583. The minimum absolute atomic E-state index is 0.0220. The van der Waals surface area contributed by atoms with Gasteiger partial charge in [-0.3, -0.25) is 19.9 Å². The Morgan fingerprint density at radius 1 is 1.00 bits per heavy atom. The van der Waals surface area contributed by atoms with Crippen LogP contribution in [0.5, 0.6) is 0 Å². The minimum Gasteiger partial charge on any atom is -0.444 e. The molecule has 1 aliphatic heterocycles. The lowest BCUT2D eigenvalue weighted by molar-refractivity contribution is -0.119. The molecule has 0 atom stereocenters. The lowest BCUT2D eigenvalue weighted by Gasteiger charge is -2.28. The van der Waals surface area contributed by atoms with Crippen LogP contribution in [-0.2, 0) is 22.4 Å². The van der Waals surface area contributed by atoms with E-state index in [9.17, 15) is 9.59 Å². The van der Waals surface area contributed by atoms with E-state index in [1.165, 1.54) is 0 Å². The summed E-state index contributed by atoms with van der Waals surface area (Å²) in [7, 11) is 0. The van der Waals surface area contributed by atoms with E-state index in [2.05, 4.69) is 30.1 Å². The zero-order chi connectivity index (χ0) is 22.6. The molecule has 1 heterocycles. The molecule has 2 amide bonds. The number of ether oxygens (including phenoxy) is 1. The maximum absolute atomic E-state index is 13.5. The summed E-state index contributed by atoms with van der Waals surface area (Å²) in [5.74, 6) is 0.0220. The number of nitrogens with one attached hydrogen (secondary N) is 1. The number of benzene rings is 2. The first-order chi connectivity index (χ1) is 14.7. The van der Waals surface area contributed by atoms with E-state index in [1.54, 1.807) is 0 Å². The summed E-state index contributed by atoms with van der Waals surface area (Å²) >= 11 is 0.